The quantitative estimate of drug-likeness (QED) is 0.648. The fourth-order valence-electron chi connectivity index (χ4n) is 2.24. The van der Waals surface area contributed by atoms with Gasteiger partial charge in [-0.05, 0) is 62.4 Å². The van der Waals surface area contributed by atoms with Crippen molar-refractivity contribution in [2.75, 3.05) is 0 Å². The molecule has 2 aromatic carbocycles. The van der Waals surface area contributed by atoms with Crippen LogP contribution in [0.15, 0.2) is 48.5 Å². The van der Waals surface area contributed by atoms with Gasteiger partial charge in [0, 0.05) is 16.5 Å². The molecule has 0 aliphatic heterocycles. The third kappa shape index (κ3) is 6.07. The zero-order valence-electron chi connectivity index (χ0n) is 13.9. The molecule has 0 bridgehead atoms. The van der Waals surface area contributed by atoms with Crippen molar-refractivity contribution in [2.24, 2.45) is 0 Å². The average Bonchev–Trinajstić information content (AvgIpc) is 2.55. The number of carbonyl (C=O) groups is 2. The molecule has 0 heterocycles. The van der Waals surface area contributed by atoms with Crippen molar-refractivity contribution < 1.29 is 19.1 Å². The van der Waals surface area contributed by atoms with E-state index in [4.69, 9.17) is 32.7 Å². The number of ether oxygens (including phenoxy) is 2. The molecule has 0 aliphatic carbocycles. The molecular weight excluding hydrogens is 363 g/mol. The van der Waals surface area contributed by atoms with Crippen LogP contribution in [0.25, 0.3) is 0 Å². The largest absolute Gasteiger partial charge is 0.459 e. The van der Waals surface area contributed by atoms with E-state index in [2.05, 4.69) is 0 Å². The highest BCUT2D eigenvalue weighted by molar-refractivity contribution is 6.30. The molecule has 6 heteroatoms. The van der Waals surface area contributed by atoms with E-state index in [0.717, 1.165) is 0 Å². The lowest BCUT2D eigenvalue weighted by Crippen LogP contribution is -2.23. The van der Waals surface area contributed by atoms with Crippen LogP contribution in [0.4, 0.5) is 0 Å². The number of rotatable bonds is 6. The molecule has 2 atom stereocenters. The van der Waals surface area contributed by atoms with E-state index in [9.17, 15) is 9.59 Å². The second-order valence-electron chi connectivity index (χ2n) is 5.68. The highest BCUT2D eigenvalue weighted by atomic mass is 35.5. The maximum Gasteiger partial charge on any atom is 0.338 e. The third-order valence-electron chi connectivity index (χ3n) is 3.44. The molecule has 0 aliphatic rings. The summed E-state index contributed by atoms with van der Waals surface area (Å²) in [6.07, 6.45) is -0.425. The smallest absolute Gasteiger partial charge is 0.338 e. The Morgan fingerprint density at radius 2 is 1.08 bits per heavy atom. The number of benzene rings is 2. The maximum atomic E-state index is 12.0. The van der Waals surface area contributed by atoms with Crippen LogP contribution in [0, 0.1) is 0 Å². The van der Waals surface area contributed by atoms with Crippen molar-refractivity contribution in [3.63, 3.8) is 0 Å². The molecule has 0 radical (unpaired) electrons. The number of hydrogen-bond acceptors (Lipinski definition) is 4. The minimum absolute atomic E-state index is 0.388. The Morgan fingerprint density at radius 1 is 0.760 bits per heavy atom. The van der Waals surface area contributed by atoms with E-state index >= 15 is 0 Å². The zero-order valence-corrected chi connectivity index (χ0v) is 15.4. The van der Waals surface area contributed by atoms with E-state index in [1.165, 1.54) is 0 Å². The van der Waals surface area contributed by atoms with Gasteiger partial charge >= 0.3 is 11.9 Å². The van der Waals surface area contributed by atoms with E-state index in [0.29, 0.717) is 27.6 Å². The Labute approximate surface area is 156 Å². The SMILES string of the molecule is C[C@H](C[C@H](C)OC(=O)c1ccc(Cl)cc1)OC(=O)c1ccc(Cl)cc1. The van der Waals surface area contributed by atoms with Crippen molar-refractivity contribution >= 4 is 35.1 Å². The first-order chi connectivity index (χ1) is 11.8. The number of halogens is 2. The second kappa shape index (κ2) is 8.88. The first-order valence-corrected chi connectivity index (χ1v) is 8.54. The molecule has 0 aromatic heterocycles. The normalized spacial score (nSPS) is 13.0. The van der Waals surface area contributed by atoms with Gasteiger partial charge in [0.15, 0.2) is 0 Å². The molecule has 25 heavy (non-hydrogen) atoms. The Kier molecular flexibility index (Phi) is 6.85. The lowest BCUT2D eigenvalue weighted by atomic mass is 10.2. The minimum atomic E-state index is -0.444. The number of esters is 2. The maximum absolute atomic E-state index is 12.0. The van der Waals surface area contributed by atoms with Crippen molar-refractivity contribution in [2.45, 2.75) is 32.5 Å². The Morgan fingerprint density at radius 3 is 1.40 bits per heavy atom. The monoisotopic (exact) mass is 380 g/mol. The summed E-state index contributed by atoms with van der Waals surface area (Å²) < 4.78 is 10.7. The van der Waals surface area contributed by atoms with E-state index in [1.807, 2.05) is 0 Å². The molecule has 0 saturated carbocycles. The van der Waals surface area contributed by atoms with Gasteiger partial charge in [-0.15, -0.1) is 0 Å². The molecule has 0 spiro atoms. The molecule has 2 rings (SSSR count). The molecular formula is C19H18Cl2O4. The van der Waals surface area contributed by atoms with Crippen molar-refractivity contribution in [3.8, 4) is 0 Å². The lowest BCUT2D eigenvalue weighted by Gasteiger charge is -2.18. The Hall–Kier alpha value is -2.04. The summed E-state index contributed by atoms with van der Waals surface area (Å²) in [7, 11) is 0. The third-order valence-corrected chi connectivity index (χ3v) is 3.94. The highest BCUT2D eigenvalue weighted by Crippen LogP contribution is 2.15. The van der Waals surface area contributed by atoms with Gasteiger partial charge in [-0.2, -0.15) is 0 Å². The van der Waals surface area contributed by atoms with Crippen LogP contribution in [0.5, 0.6) is 0 Å². The molecule has 0 fully saturated rings. The summed E-state index contributed by atoms with van der Waals surface area (Å²) in [6, 6.07) is 12.9. The van der Waals surface area contributed by atoms with Crippen LogP contribution >= 0.6 is 23.2 Å². The van der Waals surface area contributed by atoms with Crippen molar-refractivity contribution in [3.05, 3.63) is 69.7 Å². The van der Waals surface area contributed by atoms with Crippen LogP contribution in [-0.4, -0.2) is 24.1 Å². The molecule has 132 valence electrons. The first-order valence-electron chi connectivity index (χ1n) is 7.78. The summed E-state index contributed by atoms with van der Waals surface area (Å²) in [5, 5.41) is 1.10. The van der Waals surface area contributed by atoms with Crippen molar-refractivity contribution in [1.29, 1.82) is 0 Å². The van der Waals surface area contributed by atoms with E-state index in [1.54, 1.807) is 62.4 Å². The molecule has 0 N–H and O–H groups in total. The molecule has 0 amide bonds. The predicted molar refractivity (Wildman–Crippen MR) is 97.3 cm³/mol. The van der Waals surface area contributed by atoms with Crippen LogP contribution in [0.3, 0.4) is 0 Å². The molecule has 0 saturated heterocycles. The van der Waals surface area contributed by atoms with Gasteiger partial charge in [-0.25, -0.2) is 9.59 Å². The Balaban J connectivity index is 1.83. The van der Waals surface area contributed by atoms with Gasteiger partial charge in [-0.3, -0.25) is 0 Å². The van der Waals surface area contributed by atoms with Crippen LogP contribution in [0.1, 0.15) is 41.0 Å². The van der Waals surface area contributed by atoms with Gasteiger partial charge in [0.2, 0.25) is 0 Å². The predicted octanol–water partition coefficient (Wildman–Crippen LogP) is 5.17. The van der Waals surface area contributed by atoms with Gasteiger partial charge < -0.3 is 9.47 Å². The summed E-state index contributed by atoms with van der Waals surface area (Å²) in [6.45, 7) is 3.50. The highest BCUT2D eigenvalue weighted by Gasteiger charge is 2.18. The van der Waals surface area contributed by atoms with Gasteiger partial charge in [0.05, 0.1) is 11.1 Å². The van der Waals surface area contributed by atoms with Crippen LogP contribution < -0.4 is 0 Å². The standard InChI is InChI=1S/C19H18Cl2O4/c1-12(24-18(22)14-3-7-16(20)8-4-14)11-13(2)25-19(23)15-5-9-17(21)10-6-15/h3-10,12-13H,11H2,1-2H3/t12-,13+. The molecule has 4 nitrogen and oxygen atoms in total. The van der Waals surface area contributed by atoms with E-state index in [-0.39, 0.29) is 0 Å². The number of hydrogen-bond donors (Lipinski definition) is 0. The van der Waals surface area contributed by atoms with Crippen molar-refractivity contribution in [1.82, 2.24) is 0 Å². The number of carbonyl (C=O) groups excluding carboxylic acids is 2. The fraction of sp³-hybridized carbons (Fsp3) is 0.263. The summed E-state index contributed by atoms with van der Waals surface area (Å²) in [4.78, 5) is 24.1. The Bertz CT molecular complexity index is 663. The van der Waals surface area contributed by atoms with E-state index < -0.39 is 24.1 Å². The minimum Gasteiger partial charge on any atom is -0.459 e. The first kappa shape index (κ1) is 19.3. The van der Waals surface area contributed by atoms with Gasteiger partial charge in [-0.1, -0.05) is 23.2 Å². The summed E-state index contributed by atoms with van der Waals surface area (Å²) in [5.74, 6) is -0.888. The molecule has 2 aromatic rings. The topological polar surface area (TPSA) is 52.6 Å². The molecule has 0 unspecified atom stereocenters. The fourth-order valence-corrected chi connectivity index (χ4v) is 2.49. The summed E-state index contributed by atoms with van der Waals surface area (Å²) in [5.41, 5.74) is 0.837. The lowest BCUT2D eigenvalue weighted by molar-refractivity contribution is 0.00764. The van der Waals surface area contributed by atoms with Crippen LogP contribution in [-0.2, 0) is 9.47 Å². The second-order valence-corrected chi connectivity index (χ2v) is 6.55. The van der Waals surface area contributed by atoms with Gasteiger partial charge in [0.1, 0.15) is 12.2 Å². The average molecular weight is 381 g/mol. The summed E-state index contributed by atoms with van der Waals surface area (Å²) >= 11 is 11.6. The van der Waals surface area contributed by atoms with Crippen LogP contribution in [0.2, 0.25) is 10.0 Å². The zero-order chi connectivity index (χ0) is 18.4. The van der Waals surface area contributed by atoms with Gasteiger partial charge in [0.25, 0.3) is 0 Å².